The van der Waals surface area contributed by atoms with Crippen molar-refractivity contribution < 1.29 is 14.5 Å². The van der Waals surface area contributed by atoms with Crippen LogP contribution in [0.5, 0.6) is 0 Å². The second-order valence-corrected chi connectivity index (χ2v) is 6.42. The lowest BCUT2D eigenvalue weighted by Crippen LogP contribution is -2.49. The molecule has 7 nitrogen and oxygen atoms in total. The summed E-state index contributed by atoms with van der Waals surface area (Å²) in [6.45, 7) is 2.20. The van der Waals surface area contributed by atoms with Gasteiger partial charge in [-0.15, -0.1) is 0 Å². The van der Waals surface area contributed by atoms with Crippen molar-refractivity contribution in [1.29, 1.82) is 0 Å². The summed E-state index contributed by atoms with van der Waals surface area (Å²) in [6.07, 6.45) is 0.924. The van der Waals surface area contributed by atoms with Gasteiger partial charge in [0.25, 0.3) is 5.69 Å². The van der Waals surface area contributed by atoms with E-state index in [-0.39, 0.29) is 23.9 Å². The molecule has 0 aliphatic rings. The molecule has 0 spiro atoms. The second kappa shape index (κ2) is 10.2. The number of para-hydroxylation sites is 1. The second-order valence-electron chi connectivity index (χ2n) is 6.42. The zero-order valence-corrected chi connectivity index (χ0v) is 16.1. The highest BCUT2D eigenvalue weighted by Crippen LogP contribution is 2.20. The van der Waals surface area contributed by atoms with Crippen molar-refractivity contribution in [2.24, 2.45) is 0 Å². The summed E-state index contributed by atoms with van der Waals surface area (Å²) >= 11 is 0. The van der Waals surface area contributed by atoms with Crippen LogP contribution in [0.4, 0.5) is 5.69 Å². The number of likely N-dealkylation sites (N-methyl/N-ethyl adjacent to an activating group) is 1. The molecule has 148 valence electrons. The van der Waals surface area contributed by atoms with Crippen molar-refractivity contribution in [3.63, 3.8) is 0 Å². The zero-order chi connectivity index (χ0) is 20.5. The molecule has 0 bridgehead atoms. The van der Waals surface area contributed by atoms with E-state index in [0.29, 0.717) is 24.9 Å². The Morgan fingerprint density at radius 1 is 1.11 bits per heavy atom. The van der Waals surface area contributed by atoms with E-state index in [1.165, 1.54) is 18.0 Å². The molecule has 0 aliphatic carbocycles. The van der Waals surface area contributed by atoms with Crippen LogP contribution in [0.15, 0.2) is 54.6 Å². The third-order valence-corrected chi connectivity index (χ3v) is 4.65. The van der Waals surface area contributed by atoms with E-state index in [9.17, 15) is 19.7 Å². The molecular formula is C21H25N3O4. The topological polar surface area (TPSA) is 92.6 Å². The van der Waals surface area contributed by atoms with E-state index in [2.05, 4.69) is 5.32 Å². The van der Waals surface area contributed by atoms with Crippen LogP contribution in [0.25, 0.3) is 0 Å². The highest BCUT2D eigenvalue weighted by Gasteiger charge is 2.28. The van der Waals surface area contributed by atoms with Gasteiger partial charge in [0.15, 0.2) is 0 Å². The molecule has 2 rings (SSSR count). The summed E-state index contributed by atoms with van der Waals surface area (Å²) in [5.74, 6) is -0.549. The lowest BCUT2D eigenvalue weighted by atomic mass is 10.1. The molecule has 2 aromatic rings. The molecule has 2 aromatic carbocycles. The summed E-state index contributed by atoms with van der Waals surface area (Å²) < 4.78 is 0. The van der Waals surface area contributed by atoms with Crippen LogP contribution in [-0.4, -0.2) is 41.3 Å². The predicted octanol–water partition coefficient (Wildman–Crippen LogP) is 2.73. The molecule has 7 heteroatoms. The maximum atomic E-state index is 13.1. The van der Waals surface area contributed by atoms with E-state index in [0.717, 1.165) is 5.56 Å². The number of carbonyl (C=O) groups is 2. The molecular weight excluding hydrogens is 358 g/mol. The van der Waals surface area contributed by atoms with Crippen molar-refractivity contribution >= 4 is 17.5 Å². The fraction of sp³-hybridized carbons (Fsp3) is 0.333. The van der Waals surface area contributed by atoms with Crippen molar-refractivity contribution in [3.8, 4) is 0 Å². The number of carbonyl (C=O) groups excluding carboxylic acids is 2. The molecule has 1 N–H and O–H groups in total. The Morgan fingerprint density at radius 2 is 1.75 bits per heavy atom. The van der Waals surface area contributed by atoms with Crippen molar-refractivity contribution in [2.75, 3.05) is 13.6 Å². The van der Waals surface area contributed by atoms with E-state index < -0.39 is 11.0 Å². The van der Waals surface area contributed by atoms with Gasteiger partial charge in [-0.2, -0.15) is 0 Å². The number of nitro groups is 1. The molecule has 0 aromatic heterocycles. The molecule has 0 fully saturated rings. The number of amides is 2. The molecule has 2 amide bonds. The van der Waals surface area contributed by atoms with E-state index in [1.54, 1.807) is 18.2 Å². The monoisotopic (exact) mass is 383 g/mol. The van der Waals surface area contributed by atoms with Gasteiger partial charge in [-0.25, -0.2) is 0 Å². The highest BCUT2D eigenvalue weighted by atomic mass is 16.6. The van der Waals surface area contributed by atoms with Gasteiger partial charge < -0.3 is 10.2 Å². The van der Waals surface area contributed by atoms with Gasteiger partial charge >= 0.3 is 0 Å². The van der Waals surface area contributed by atoms with Crippen molar-refractivity contribution in [1.82, 2.24) is 10.2 Å². The number of rotatable bonds is 9. The first-order valence-electron chi connectivity index (χ1n) is 9.25. The minimum atomic E-state index is -0.621. The van der Waals surface area contributed by atoms with E-state index in [4.69, 9.17) is 0 Å². The molecule has 1 atom stereocenters. The fourth-order valence-electron chi connectivity index (χ4n) is 3.17. The number of nitrogens with one attached hydrogen (secondary N) is 1. The fourth-order valence-corrected chi connectivity index (χ4v) is 3.17. The summed E-state index contributed by atoms with van der Waals surface area (Å²) in [5, 5.41) is 13.8. The van der Waals surface area contributed by atoms with Crippen LogP contribution in [0, 0.1) is 10.1 Å². The minimum Gasteiger partial charge on any atom is -0.357 e. The number of hydrogen-bond acceptors (Lipinski definition) is 4. The average Bonchev–Trinajstić information content (AvgIpc) is 2.71. The van der Waals surface area contributed by atoms with Gasteiger partial charge in [-0.05, 0) is 18.4 Å². The Labute approximate surface area is 164 Å². The van der Waals surface area contributed by atoms with Crippen LogP contribution < -0.4 is 5.32 Å². The van der Waals surface area contributed by atoms with Crippen LogP contribution in [-0.2, 0) is 22.4 Å². The van der Waals surface area contributed by atoms with Gasteiger partial charge in [0.2, 0.25) is 11.8 Å². The SMILES string of the molecule is CC[C@H](C(=O)NC)N(CCc1ccccc1)C(=O)Cc1ccccc1[N+](=O)[O-]. The van der Waals surface area contributed by atoms with Crippen LogP contribution in [0.3, 0.4) is 0 Å². The number of nitrogens with zero attached hydrogens (tertiary/aromatic N) is 2. The maximum absolute atomic E-state index is 13.1. The normalized spacial score (nSPS) is 11.5. The van der Waals surface area contributed by atoms with E-state index >= 15 is 0 Å². The van der Waals surface area contributed by atoms with Gasteiger partial charge in [0, 0.05) is 25.2 Å². The largest absolute Gasteiger partial charge is 0.357 e. The summed E-state index contributed by atoms with van der Waals surface area (Å²) in [5.41, 5.74) is 1.30. The summed E-state index contributed by atoms with van der Waals surface area (Å²) in [4.78, 5) is 37.6. The first-order chi connectivity index (χ1) is 13.5. The molecule has 0 radical (unpaired) electrons. The Hall–Kier alpha value is -3.22. The average molecular weight is 383 g/mol. The Kier molecular flexibility index (Phi) is 7.68. The lowest BCUT2D eigenvalue weighted by molar-refractivity contribution is -0.385. The number of nitro benzene ring substituents is 1. The van der Waals surface area contributed by atoms with E-state index in [1.807, 2.05) is 37.3 Å². The molecule has 28 heavy (non-hydrogen) atoms. The number of hydrogen-bond donors (Lipinski definition) is 1. The lowest BCUT2D eigenvalue weighted by Gasteiger charge is -2.30. The van der Waals surface area contributed by atoms with Gasteiger partial charge in [0.05, 0.1) is 11.3 Å². The highest BCUT2D eigenvalue weighted by molar-refractivity contribution is 5.88. The molecule has 0 unspecified atom stereocenters. The van der Waals surface area contributed by atoms with Gasteiger partial charge in [-0.1, -0.05) is 55.5 Å². The van der Waals surface area contributed by atoms with Crippen LogP contribution in [0.1, 0.15) is 24.5 Å². The molecule has 0 saturated carbocycles. The van der Waals surface area contributed by atoms with Crippen LogP contribution in [0.2, 0.25) is 0 Å². The Bertz CT molecular complexity index is 823. The molecule has 0 saturated heterocycles. The smallest absolute Gasteiger partial charge is 0.273 e. The van der Waals surface area contributed by atoms with Crippen LogP contribution >= 0.6 is 0 Å². The minimum absolute atomic E-state index is 0.0909. The third kappa shape index (κ3) is 5.39. The molecule has 0 heterocycles. The van der Waals surface area contributed by atoms with Gasteiger partial charge in [-0.3, -0.25) is 19.7 Å². The first-order valence-corrected chi connectivity index (χ1v) is 9.25. The first kappa shape index (κ1) is 21.1. The number of benzene rings is 2. The summed E-state index contributed by atoms with van der Waals surface area (Å²) in [7, 11) is 1.53. The standard InChI is InChI=1S/C21H25N3O4/c1-3-18(21(26)22-2)23(14-13-16-9-5-4-6-10-16)20(25)15-17-11-7-8-12-19(17)24(27)28/h4-12,18H,3,13-15H2,1-2H3,(H,22,26)/t18-/m1/s1. The predicted molar refractivity (Wildman–Crippen MR) is 107 cm³/mol. The molecule has 0 aliphatic heterocycles. The third-order valence-electron chi connectivity index (χ3n) is 4.65. The zero-order valence-electron chi connectivity index (χ0n) is 16.1. The van der Waals surface area contributed by atoms with Crippen molar-refractivity contribution in [2.45, 2.75) is 32.2 Å². The Morgan fingerprint density at radius 3 is 2.36 bits per heavy atom. The summed E-state index contributed by atoms with van der Waals surface area (Å²) in [6, 6.07) is 15.3. The maximum Gasteiger partial charge on any atom is 0.273 e. The quantitative estimate of drug-likeness (QED) is 0.532. The Balaban J connectivity index is 2.25. The van der Waals surface area contributed by atoms with Gasteiger partial charge in [0.1, 0.15) is 6.04 Å². The van der Waals surface area contributed by atoms with Crippen molar-refractivity contribution in [3.05, 3.63) is 75.8 Å².